The van der Waals surface area contributed by atoms with Gasteiger partial charge in [0.2, 0.25) is 5.28 Å². The standard InChI is InChI=1S/C13H11BrClN5/c1-20(6-8-4-2-3-5-9(8)14)12-10-11(17-7-16-10)18-13(15)19-12/h2-5,7H,6H2,1H3,(H,16,17,18,19). The summed E-state index contributed by atoms with van der Waals surface area (Å²) < 4.78 is 1.06. The van der Waals surface area contributed by atoms with Crippen molar-refractivity contribution < 1.29 is 0 Å². The molecule has 0 aliphatic carbocycles. The van der Waals surface area contributed by atoms with Gasteiger partial charge in [-0.1, -0.05) is 34.1 Å². The summed E-state index contributed by atoms with van der Waals surface area (Å²) in [6.07, 6.45) is 1.59. The molecule has 102 valence electrons. The first-order valence-corrected chi connectivity index (χ1v) is 7.13. The van der Waals surface area contributed by atoms with E-state index in [4.69, 9.17) is 11.6 Å². The first-order valence-electron chi connectivity index (χ1n) is 5.96. The molecule has 5 nitrogen and oxygen atoms in total. The molecule has 3 rings (SSSR count). The van der Waals surface area contributed by atoms with Crippen molar-refractivity contribution in [2.75, 3.05) is 11.9 Å². The number of rotatable bonds is 3. The van der Waals surface area contributed by atoms with Crippen LogP contribution >= 0.6 is 27.5 Å². The van der Waals surface area contributed by atoms with Gasteiger partial charge >= 0.3 is 0 Å². The third-order valence-corrected chi connectivity index (χ3v) is 3.91. The quantitative estimate of drug-likeness (QED) is 0.734. The molecular weight excluding hydrogens is 342 g/mol. The normalized spacial score (nSPS) is 10.9. The molecule has 7 heteroatoms. The molecule has 0 aliphatic rings. The van der Waals surface area contributed by atoms with E-state index in [1.165, 1.54) is 0 Å². The summed E-state index contributed by atoms with van der Waals surface area (Å²) in [4.78, 5) is 17.5. The lowest BCUT2D eigenvalue weighted by atomic mass is 10.2. The van der Waals surface area contributed by atoms with Crippen molar-refractivity contribution in [1.82, 2.24) is 19.9 Å². The Hall–Kier alpha value is -1.66. The molecular formula is C13H11BrClN5. The number of imidazole rings is 1. The summed E-state index contributed by atoms with van der Waals surface area (Å²) in [6, 6.07) is 8.07. The van der Waals surface area contributed by atoms with Crippen molar-refractivity contribution in [3.05, 3.63) is 45.9 Å². The van der Waals surface area contributed by atoms with E-state index in [1.807, 2.05) is 30.1 Å². The SMILES string of the molecule is CN(Cc1ccccc1Br)c1nc(Cl)nc2nc[nH]c12. The first-order chi connectivity index (χ1) is 9.65. The number of anilines is 1. The molecule has 0 saturated carbocycles. The maximum atomic E-state index is 5.95. The number of hydrogen-bond donors (Lipinski definition) is 1. The minimum absolute atomic E-state index is 0.193. The van der Waals surface area contributed by atoms with Gasteiger partial charge in [0.1, 0.15) is 5.52 Å². The van der Waals surface area contributed by atoms with Crippen molar-refractivity contribution in [3.8, 4) is 0 Å². The third-order valence-electron chi connectivity index (χ3n) is 2.97. The highest BCUT2D eigenvalue weighted by molar-refractivity contribution is 9.10. The van der Waals surface area contributed by atoms with Crippen LogP contribution in [-0.4, -0.2) is 27.0 Å². The minimum atomic E-state index is 0.193. The van der Waals surface area contributed by atoms with Gasteiger partial charge in [-0.3, -0.25) is 0 Å². The van der Waals surface area contributed by atoms with E-state index in [0.717, 1.165) is 21.4 Å². The highest BCUT2D eigenvalue weighted by Gasteiger charge is 2.14. The van der Waals surface area contributed by atoms with Crippen molar-refractivity contribution in [1.29, 1.82) is 0 Å². The van der Waals surface area contributed by atoms with E-state index < -0.39 is 0 Å². The van der Waals surface area contributed by atoms with Crippen LogP contribution in [-0.2, 0) is 6.54 Å². The van der Waals surface area contributed by atoms with Gasteiger partial charge in [-0.2, -0.15) is 9.97 Å². The lowest BCUT2D eigenvalue weighted by Crippen LogP contribution is -2.18. The summed E-state index contributed by atoms with van der Waals surface area (Å²) in [5.74, 6) is 0.730. The van der Waals surface area contributed by atoms with Crippen LogP contribution in [0.4, 0.5) is 5.82 Å². The molecule has 0 saturated heterocycles. The Morgan fingerprint density at radius 1 is 1.30 bits per heavy atom. The van der Waals surface area contributed by atoms with E-state index >= 15 is 0 Å². The number of benzene rings is 1. The van der Waals surface area contributed by atoms with Crippen LogP contribution in [0.2, 0.25) is 5.28 Å². The molecule has 0 atom stereocenters. The molecule has 2 aromatic heterocycles. The zero-order valence-corrected chi connectivity index (χ0v) is 13.0. The van der Waals surface area contributed by atoms with E-state index in [2.05, 4.69) is 41.9 Å². The summed E-state index contributed by atoms with van der Waals surface area (Å²) in [6.45, 7) is 0.697. The van der Waals surface area contributed by atoms with Crippen molar-refractivity contribution >= 4 is 44.5 Å². The number of hydrogen-bond acceptors (Lipinski definition) is 4. The lowest BCUT2D eigenvalue weighted by molar-refractivity contribution is 0.894. The molecule has 20 heavy (non-hydrogen) atoms. The van der Waals surface area contributed by atoms with Gasteiger partial charge in [0, 0.05) is 18.1 Å². The summed E-state index contributed by atoms with van der Waals surface area (Å²) >= 11 is 9.50. The Morgan fingerprint density at radius 3 is 2.90 bits per heavy atom. The molecule has 0 radical (unpaired) electrons. The smallest absolute Gasteiger partial charge is 0.226 e. The molecule has 0 amide bonds. The number of nitrogens with zero attached hydrogens (tertiary/aromatic N) is 4. The second-order valence-corrected chi connectivity index (χ2v) is 5.56. The van der Waals surface area contributed by atoms with E-state index in [-0.39, 0.29) is 5.28 Å². The van der Waals surface area contributed by atoms with Crippen molar-refractivity contribution in [2.24, 2.45) is 0 Å². The van der Waals surface area contributed by atoms with Gasteiger partial charge in [-0.25, -0.2) is 4.98 Å². The number of halogens is 2. The molecule has 0 unspecified atom stereocenters. The number of aromatic amines is 1. The summed E-state index contributed by atoms with van der Waals surface area (Å²) in [7, 11) is 1.96. The maximum Gasteiger partial charge on any atom is 0.226 e. The van der Waals surface area contributed by atoms with Crippen LogP contribution in [0.3, 0.4) is 0 Å². The number of H-pyrrole nitrogens is 1. The predicted molar refractivity (Wildman–Crippen MR) is 82.9 cm³/mol. The average molecular weight is 353 g/mol. The molecule has 0 aliphatic heterocycles. The summed E-state index contributed by atoms with van der Waals surface area (Å²) in [5.41, 5.74) is 2.51. The molecule has 0 bridgehead atoms. The number of aromatic nitrogens is 4. The highest BCUT2D eigenvalue weighted by Crippen LogP contribution is 2.25. The van der Waals surface area contributed by atoms with Gasteiger partial charge in [0.15, 0.2) is 11.5 Å². The molecule has 3 aromatic rings. The Labute approximate surface area is 129 Å². The molecule has 2 heterocycles. The summed E-state index contributed by atoms with van der Waals surface area (Å²) in [5, 5.41) is 0.193. The van der Waals surface area contributed by atoms with Gasteiger partial charge in [-0.05, 0) is 23.2 Å². The average Bonchev–Trinajstić information content (AvgIpc) is 2.88. The van der Waals surface area contributed by atoms with Gasteiger partial charge in [0.05, 0.1) is 6.33 Å². The largest absolute Gasteiger partial charge is 0.353 e. The fourth-order valence-electron chi connectivity index (χ4n) is 2.03. The Bertz CT molecular complexity index is 757. The predicted octanol–water partition coefficient (Wildman–Crippen LogP) is 3.41. The maximum absolute atomic E-state index is 5.95. The van der Waals surface area contributed by atoms with Crippen LogP contribution < -0.4 is 4.90 Å². The van der Waals surface area contributed by atoms with Gasteiger partial charge in [0.25, 0.3) is 0 Å². The molecule has 0 fully saturated rings. The monoisotopic (exact) mass is 351 g/mol. The Balaban J connectivity index is 1.98. The zero-order valence-electron chi connectivity index (χ0n) is 10.6. The second-order valence-electron chi connectivity index (χ2n) is 4.36. The van der Waals surface area contributed by atoms with E-state index in [1.54, 1.807) is 6.33 Å². The van der Waals surface area contributed by atoms with E-state index in [9.17, 15) is 0 Å². The lowest BCUT2D eigenvalue weighted by Gasteiger charge is -2.19. The minimum Gasteiger partial charge on any atom is -0.353 e. The van der Waals surface area contributed by atoms with E-state index in [0.29, 0.717) is 12.2 Å². The van der Waals surface area contributed by atoms with Crippen LogP contribution in [0.15, 0.2) is 35.1 Å². The van der Waals surface area contributed by atoms with Crippen LogP contribution in [0.5, 0.6) is 0 Å². The zero-order chi connectivity index (χ0) is 14.1. The van der Waals surface area contributed by atoms with Crippen LogP contribution in [0.1, 0.15) is 5.56 Å². The molecule has 0 spiro atoms. The second kappa shape index (κ2) is 5.38. The van der Waals surface area contributed by atoms with Crippen molar-refractivity contribution in [3.63, 3.8) is 0 Å². The number of fused-ring (bicyclic) bond motifs is 1. The fraction of sp³-hybridized carbons (Fsp3) is 0.154. The Kier molecular flexibility index (Phi) is 3.58. The third kappa shape index (κ3) is 2.48. The van der Waals surface area contributed by atoms with Gasteiger partial charge < -0.3 is 9.88 Å². The molecule has 1 aromatic carbocycles. The Morgan fingerprint density at radius 2 is 2.10 bits per heavy atom. The highest BCUT2D eigenvalue weighted by atomic mass is 79.9. The molecule has 1 N–H and O–H groups in total. The topological polar surface area (TPSA) is 57.7 Å². The van der Waals surface area contributed by atoms with Crippen LogP contribution in [0.25, 0.3) is 11.2 Å². The van der Waals surface area contributed by atoms with Gasteiger partial charge in [-0.15, -0.1) is 0 Å². The van der Waals surface area contributed by atoms with Crippen molar-refractivity contribution in [2.45, 2.75) is 6.54 Å². The first kappa shape index (κ1) is 13.3. The number of nitrogens with one attached hydrogen (secondary N) is 1. The van der Waals surface area contributed by atoms with Crippen LogP contribution in [0, 0.1) is 0 Å². The fourth-order valence-corrected chi connectivity index (χ4v) is 2.60.